The third kappa shape index (κ3) is 2.75. The van der Waals surface area contributed by atoms with Crippen LogP contribution in [-0.4, -0.2) is 50.3 Å². The summed E-state index contributed by atoms with van der Waals surface area (Å²) in [5.41, 5.74) is -2.50. The second kappa shape index (κ2) is 5.59. The van der Waals surface area contributed by atoms with Crippen molar-refractivity contribution < 1.29 is 23.1 Å². The summed E-state index contributed by atoms with van der Waals surface area (Å²) in [6.07, 6.45) is -4.32. The predicted octanol–water partition coefficient (Wildman–Crippen LogP) is 0.922. The molecule has 1 aromatic carbocycles. The number of aliphatic hydroxyl groups is 1. The van der Waals surface area contributed by atoms with E-state index in [9.17, 15) is 27.9 Å². The molecule has 1 aliphatic heterocycles. The van der Waals surface area contributed by atoms with Gasteiger partial charge in [-0.05, 0) is 12.1 Å². The zero-order valence-electron chi connectivity index (χ0n) is 12.5. The maximum atomic E-state index is 12.8. The summed E-state index contributed by atoms with van der Waals surface area (Å²) < 4.78 is 39.7. The molecule has 0 aliphatic carbocycles. The van der Waals surface area contributed by atoms with Crippen molar-refractivity contribution in [1.82, 2.24) is 14.5 Å². The fourth-order valence-electron chi connectivity index (χ4n) is 2.75. The lowest BCUT2D eigenvalue weighted by molar-refractivity contribution is -0.253. The minimum atomic E-state index is -4.80. The molecular formula is C15H14F3N3O3. The van der Waals surface area contributed by atoms with Gasteiger partial charge in [0.25, 0.3) is 5.56 Å². The number of β-amino-alcohol motifs (C(OH)–C–C–N with tert-alkyl or cyclic N) is 1. The maximum Gasteiger partial charge on any atom is 0.419 e. The Morgan fingerprint density at radius 1 is 1.33 bits per heavy atom. The summed E-state index contributed by atoms with van der Waals surface area (Å²) in [7, 11) is 0. The molecule has 1 aromatic heterocycles. The maximum absolute atomic E-state index is 12.8. The van der Waals surface area contributed by atoms with Gasteiger partial charge in [-0.2, -0.15) is 13.2 Å². The number of amides is 1. The quantitative estimate of drug-likeness (QED) is 0.881. The average Bonchev–Trinajstić information content (AvgIpc) is 2.94. The van der Waals surface area contributed by atoms with Gasteiger partial charge in [0.15, 0.2) is 5.60 Å². The van der Waals surface area contributed by atoms with Gasteiger partial charge in [-0.1, -0.05) is 12.1 Å². The van der Waals surface area contributed by atoms with Crippen LogP contribution in [0.3, 0.4) is 0 Å². The first-order chi connectivity index (χ1) is 11.2. The number of likely N-dealkylation sites (tertiary alicyclic amines) is 1. The predicted molar refractivity (Wildman–Crippen MR) is 78.2 cm³/mol. The molecule has 128 valence electrons. The molecule has 2 aromatic rings. The smallest absolute Gasteiger partial charge is 0.379 e. The van der Waals surface area contributed by atoms with Crippen molar-refractivity contribution in [2.24, 2.45) is 0 Å². The largest absolute Gasteiger partial charge is 0.419 e. The Morgan fingerprint density at radius 3 is 2.71 bits per heavy atom. The highest BCUT2D eigenvalue weighted by atomic mass is 19.4. The minimum absolute atomic E-state index is 0.216. The Balaban J connectivity index is 1.85. The first-order valence-corrected chi connectivity index (χ1v) is 7.23. The second-order valence-electron chi connectivity index (χ2n) is 5.77. The van der Waals surface area contributed by atoms with E-state index >= 15 is 0 Å². The summed E-state index contributed by atoms with van der Waals surface area (Å²) in [5.74, 6) is -0.659. The fraction of sp³-hybridized carbons (Fsp3) is 0.400. The number of carbonyl (C=O) groups is 1. The van der Waals surface area contributed by atoms with Gasteiger partial charge in [-0.25, -0.2) is 4.98 Å². The normalized spacial score (nSPS) is 21.4. The molecule has 6 nitrogen and oxygen atoms in total. The van der Waals surface area contributed by atoms with Gasteiger partial charge in [0.2, 0.25) is 5.91 Å². The van der Waals surface area contributed by atoms with E-state index in [2.05, 4.69) is 4.98 Å². The molecule has 1 fully saturated rings. The van der Waals surface area contributed by atoms with Crippen LogP contribution in [0, 0.1) is 0 Å². The number of fused-ring (bicyclic) bond motifs is 1. The monoisotopic (exact) mass is 341 g/mol. The number of carbonyl (C=O) groups excluding carboxylic acids is 1. The molecule has 2 heterocycles. The summed E-state index contributed by atoms with van der Waals surface area (Å²) in [4.78, 5) is 29.1. The van der Waals surface area contributed by atoms with Crippen molar-refractivity contribution in [1.29, 1.82) is 0 Å². The molecular weight excluding hydrogens is 327 g/mol. The van der Waals surface area contributed by atoms with E-state index in [-0.39, 0.29) is 6.54 Å². The third-order valence-electron chi connectivity index (χ3n) is 4.17. The summed E-state index contributed by atoms with van der Waals surface area (Å²) in [6.45, 7) is -1.45. The highest BCUT2D eigenvalue weighted by molar-refractivity contribution is 5.80. The van der Waals surface area contributed by atoms with E-state index in [1.54, 1.807) is 24.3 Å². The molecule has 0 unspecified atom stereocenters. The third-order valence-corrected chi connectivity index (χ3v) is 4.17. The number of benzene rings is 1. The van der Waals surface area contributed by atoms with E-state index < -0.39 is 42.8 Å². The van der Waals surface area contributed by atoms with Gasteiger partial charge >= 0.3 is 6.18 Å². The van der Waals surface area contributed by atoms with Crippen molar-refractivity contribution in [3.63, 3.8) is 0 Å². The molecule has 0 saturated carbocycles. The second-order valence-corrected chi connectivity index (χ2v) is 5.77. The molecule has 24 heavy (non-hydrogen) atoms. The van der Waals surface area contributed by atoms with Crippen molar-refractivity contribution >= 4 is 16.9 Å². The summed E-state index contributed by atoms with van der Waals surface area (Å²) >= 11 is 0. The van der Waals surface area contributed by atoms with E-state index in [0.717, 1.165) is 15.7 Å². The molecule has 1 atom stereocenters. The Labute approximate surface area is 134 Å². The van der Waals surface area contributed by atoms with Crippen LogP contribution in [0.25, 0.3) is 11.0 Å². The molecule has 0 bridgehead atoms. The molecule has 0 spiro atoms. The van der Waals surface area contributed by atoms with Gasteiger partial charge in [0.05, 0.1) is 23.8 Å². The van der Waals surface area contributed by atoms with E-state index in [4.69, 9.17) is 0 Å². The zero-order valence-corrected chi connectivity index (χ0v) is 12.5. The van der Waals surface area contributed by atoms with Crippen molar-refractivity contribution in [3.05, 3.63) is 40.8 Å². The Bertz CT molecular complexity index is 849. The fourth-order valence-corrected chi connectivity index (χ4v) is 2.75. The van der Waals surface area contributed by atoms with Crippen LogP contribution in [-0.2, 0) is 11.3 Å². The van der Waals surface area contributed by atoms with Crippen molar-refractivity contribution in [2.45, 2.75) is 24.7 Å². The molecule has 9 heteroatoms. The average molecular weight is 341 g/mol. The molecule has 0 radical (unpaired) electrons. The molecule has 3 rings (SSSR count). The standard InChI is InChI=1S/C15H14F3N3O3/c16-15(17,18)14(24)5-6-20(9-14)13(23)8-21-11-4-2-1-3-10(11)19-7-12(21)22/h1-4,7,24H,5-6,8-9H2/t14-/m1/s1. The van der Waals surface area contributed by atoms with Gasteiger partial charge in [-0.15, -0.1) is 0 Å². The van der Waals surface area contributed by atoms with Gasteiger partial charge in [-0.3, -0.25) is 14.2 Å². The summed E-state index contributed by atoms with van der Waals surface area (Å²) in [6, 6.07) is 6.65. The molecule has 1 saturated heterocycles. The number of hydrogen-bond donors (Lipinski definition) is 1. The van der Waals surface area contributed by atoms with E-state index in [1.165, 1.54) is 0 Å². The topological polar surface area (TPSA) is 75.4 Å². The minimum Gasteiger partial charge on any atom is -0.379 e. The lowest BCUT2D eigenvalue weighted by Gasteiger charge is -2.26. The highest BCUT2D eigenvalue weighted by Crippen LogP contribution is 2.37. The molecule has 1 aliphatic rings. The first-order valence-electron chi connectivity index (χ1n) is 7.23. The van der Waals surface area contributed by atoms with Crippen LogP contribution in [0.5, 0.6) is 0 Å². The number of halogens is 3. The lowest BCUT2D eigenvalue weighted by atomic mass is 10.0. The van der Waals surface area contributed by atoms with Crippen LogP contribution in [0.15, 0.2) is 35.3 Å². The molecule has 1 N–H and O–H groups in total. The van der Waals surface area contributed by atoms with Crippen molar-refractivity contribution in [2.75, 3.05) is 13.1 Å². The zero-order chi connectivity index (χ0) is 17.5. The number of rotatable bonds is 2. The highest BCUT2D eigenvalue weighted by Gasteiger charge is 2.57. The lowest BCUT2D eigenvalue weighted by Crippen LogP contribution is -2.48. The summed E-state index contributed by atoms with van der Waals surface area (Å²) in [5, 5.41) is 9.64. The van der Waals surface area contributed by atoms with Gasteiger partial charge in [0.1, 0.15) is 6.54 Å². The SMILES string of the molecule is O=C(Cn1c(=O)cnc2ccccc21)N1CC[C@](O)(C(F)(F)F)C1. The van der Waals surface area contributed by atoms with E-state index in [1.807, 2.05) is 0 Å². The number of alkyl halides is 3. The number of aromatic nitrogens is 2. The van der Waals surface area contributed by atoms with Crippen LogP contribution in [0.1, 0.15) is 6.42 Å². The number of hydrogen-bond acceptors (Lipinski definition) is 4. The Morgan fingerprint density at radius 2 is 2.04 bits per heavy atom. The number of para-hydroxylation sites is 2. The van der Waals surface area contributed by atoms with Crippen molar-refractivity contribution in [3.8, 4) is 0 Å². The van der Waals surface area contributed by atoms with Gasteiger partial charge < -0.3 is 10.0 Å². The first kappa shape index (κ1) is 16.4. The Kier molecular flexibility index (Phi) is 3.83. The van der Waals surface area contributed by atoms with Crippen LogP contribution in [0.2, 0.25) is 0 Å². The molecule has 1 amide bonds. The van der Waals surface area contributed by atoms with E-state index in [0.29, 0.717) is 11.0 Å². The van der Waals surface area contributed by atoms with Gasteiger partial charge in [0, 0.05) is 13.0 Å². The van der Waals surface area contributed by atoms with Crippen LogP contribution >= 0.6 is 0 Å². The number of nitrogens with zero attached hydrogens (tertiary/aromatic N) is 3. The van der Waals surface area contributed by atoms with Crippen LogP contribution < -0.4 is 5.56 Å². The Hall–Kier alpha value is -2.42. The van der Waals surface area contributed by atoms with Crippen LogP contribution in [0.4, 0.5) is 13.2 Å².